The highest BCUT2D eigenvalue weighted by molar-refractivity contribution is 7.89. The maximum absolute atomic E-state index is 12.9. The zero-order chi connectivity index (χ0) is 22.2. The lowest BCUT2D eigenvalue weighted by atomic mass is 9.97. The molecule has 0 bridgehead atoms. The zero-order valence-corrected chi connectivity index (χ0v) is 16.9. The fraction of sp³-hybridized carbons (Fsp3) is 0.316. The molecule has 2 aromatic heterocycles. The van der Waals surface area contributed by atoms with Gasteiger partial charge < -0.3 is 5.32 Å². The number of rotatable bonds is 4. The van der Waals surface area contributed by atoms with E-state index in [-0.39, 0.29) is 31.8 Å². The number of hydrogen-bond acceptors (Lipinski definition) is 5. The van der Waals surface area contributed by atoms with Gasteiger partial charge in [0.15, 0.2) is 5.65 Å². The lowest BCUT2D eigenvalue weighted by Crippen LogP contribution is -2.41. The van der Waals surface area contributed by atoms with Crippen molar-refractivity contribution in [2.24, 2.45) is 5.92 Å². The number of aromatic nitrogens is 3. The molecular weight excluding hydrogens is 435 g/mol. The van der Waals surface area contributed by atoms with Gasteiger partial charge >= 0.3 is 6.18 Å². The van der Waals surface area contributed by atoms with Gasteiger partial charge in [-0.05, 0) is 37.1 Å². The predicted octanol–water partition coefficient (Wildman–Crippen LogP) is 2.79. The molecule has 31 heavy (non-hydrogen) atoms. The summed E-state index contributed by atoms with van der Waals surface area (Å²) in [7, 11) is -4.09. The van der Waals surface area contributed by atoms with Crippen molar-refractivity contribution >= 4 is 27.4 Å². The number of hydrogen-bond donors (Lipinski definition) is 1. The first-order chi connectivity index (χ1) is 14.7. The summed E-state index contributed by atoms with van der Waals surface area (Å²) >= 11 is 0. The molecule has 1 fully saturated rings. The maximum Gasteiger partial charge on any atom is 0.416 e. The minimum absolute atomic E-state index is 0.0319. The highest BCUT2D eigenvalue weighted by atomic mass is 32.2. The van der Waals surface area contributed by atoms with Crippen molar-refractivity contribution in [3.05, 3.63) is 54.4 Å². The fourth-order valence-electron chi connectivity index (χ4n) is 3.50. The van der Waals surface area contributed by atoms with Crippen molar-refractivity contribution in [1.82, 2.24) is 18.9 Å². The number of carbonyl (C=O) groups excluding carboxylic acids is 1. The smallest absolute Gasteiger partial charge is 0.310 e. The highest BCUT2D eigenvalue weighted by Gasteiger charge is 2.35. The number of anilines is 1. The van der Waals surface area contributed by atoms with Crippen LogP contribution in [0.4, 0.5) is 19.0 Å². The molecule has 0 unspecified atom stereocenters. The van der Waals surface area contributed by atoms with Crippen LogP contribution >= 0.6 is 0 Å². The minimum Gasteiger partial charge on any atom is -0.310 e. The van der Waals surface area contributed by atoms with Gasteiger partial charge in [0.1, 0.15) is 5.82 Å². The van der Waals surface area contributed by atoms with Crippen molar-refractivity contribution in [3.63, 3.8) is 0 Å². The molecule has 1 saturated heterocycles. The molecule has 1 aliphatic rings. The Hall–Kier alpha value is -2.99. The second kappa shape index (κ2) is 7.93. The molecule has 1 aromatic carbocycles. The van der Waals surface area contributed by atoms with Crippen molar-refractivity contribution in [2.45, 2.75) is 23.9 Å². The van der Waals surface area contributed by atoms with Gasteiger partial charge in [-0.25, -0.2) is 13.4 Å². The van der Waals surface area contributed by atoms with Crippen molar-refractivity contribution in [2.75, 3.05) is 18.4 Å². The molecule has 4 rings (SSSR count). The number of alkyl halides is 3. The Morgan fingerprint density at radius 3 is 2.55 bits per heavy atom. The first kappa shape index (κ1) is 21.2. The molecule has 3 heterocycles. The van der Waals surface area contributed by atoms with E-state index in [1.54, 1.807) is 18.3 Å². The van der Waals surface area contributed by atoms with Gasteiger partial charge in [-0.1, -0.05) is 6.07 Å². The van der Waals surface area contributed by atoms with E-state index in [1.165, 1.54) is 10.7 Å². The standard InChI is InChI=1S/C19H18F3N5O3S/c20-19(21,22)14-2-1-3-15(12-14)31(29,30)26-10-6-13(7-11-26)18(28)25-17-4-8-23-16-5-9-24-27(16)17/h1-5,8-9,12-13H,6-7,10-11H2,(H,25,28). The molecule has 0 saturated carbocycles. The van der Waals surface area contributed by atoms with Crippen LogP contribution in [0.3, 0.4) is 0 Å². The molecule has 0 atom stereocenters. The highest BCUT2D eigenvalue weighted by Crippen LogP contribution is 2.32. The lowest BCUT2D eigenvalue weighted by molar-refractivity contribution is -0.137. The van der Waals surface area contributed by atoms with E-state index < -0.39 is 32.6 Å². The van der Waals surface area contributed by atoms with Gasteiger partial charge in [-0.3, -0.25) is 4.79 Å². The molecule has 1 N–H and O–H groups in total. The average Bonchev–Trinajstić information content (AvgIpc) is 3.23. The van der Waals surface area contributed by atoms with Crippen LogP contribution in [0.1, 0.15) is 18.4 Å². The second-order valence-corrected chi connectivity index (χ2v) is 9.06. The quantitative estimate of drug-likeness (QED) is 0.655. The number of piperidine rings is 1. The third kappa shape index (κ3) is 4.26. The summed E-state index contributed by atoms with van der Waals surface area (Å²) in [6.07, 6.45) is -1.05. The summed E-state index contributed by atoms with van der Waals surface area (Å²) < 4.78 is 67.0. The molecule has 0 aliphatic carbocycles. The van der Waals surface area contributed by atoms with E-state index in [1.807, 2.05) is 0 Å². The van der Waals surface area contributed by atoms with Crippen LogP contribution in [0.15, 0.2) is 53.7 Å². The Morgan fingerprint density at radius 2 is 1.84 bits per heavy atom. The van der Waals surface area contributed by atoms with Crippen LogP contribution < -0.4 is 5.32 Å². The van der Waals surface area contributed by atoms with Crippen LogP contribution in [-0.4, -0.2) is 46.3 Å². The summed E-state index contributed by atoms with van der Waals surface area (Å²) in [5.74, 6) is -0.273. The summed E-state index contributed by atoms with van der Waals surface area (Å²) in [5, 5.41) is 6.87. The van der Waals surface area contributed by atoms with Gasteiger partial charge in [0.2, 0.25) is 15.9 Å². The number of sulfonamides is 1. The average molecular weight is 453 g/mol. The van der Waals surface area contributed by atoms with Crippen LogP contribution in [-0.2, 0) is 21.0 Å². The molecular formula is C19H18F3N5O3S. The van der Waals surface area contributed by atoms with Crippen molar-refractivity contribution in [3.8, 4) is 0 Å². The lowest BCUT2D eigenvalue weighted by Gasteiger charge is -2.30. The molecule has 8 nitrogen and oxygen atoms in total. The monoisotopic (exact) mass is 453 g/mol. The minimum atomic E-state index is -4.64. The second-order valence-electron chi connectivity index (χ2n) is 7.12. The van der Waals surface area contributed by atoms with E-state index in [9.17, 15) is 26.4 Å². The first-order valence-electron chi connectivity index (χ1n) is 9.43. The van der Waals surface area contributed by atoms with Crippen LogP contribution in [0.2, 0.25) is 0 Å². The van der Waals surface area contributed by atoms with E-state index in [4.69, 9.17) is 0 Å². The molecule has 0 radical (unpaired) electrons. The molecule has 12 heteroatoms. The van der Waals surface area contributed by atoms with Crippen LogP contribution in [0, 0.1) is 5.92 Å². The normalized spacial score (nSPS) is 16.5. The van der Waals surface area contributed by atoms with Crippen molar-refractivity contribution in [1.29, 1.82) is 0 Å². The Balaban J connectivity index is 1.43. The number of nitrogens with zero attached hydrogens (tertiary/aromatic N) is 4. The topological polar surface area (TPSA) is 96.7 Å². The van der Waals surface area contributed by atoms with Gasteiger partial charge in [0, 0.05) is 31.3 Å². The maximum atomic E-state index is 12.9. The Labute approximate surface area is 175 Å². The summed E-state index contributed by atoms with van der Waals surface area (Å²) in [4.78, 5) is 16.3. The number of fused-ring (bicyclic) bond motifs is 1. The molecule has 1 aliphatic heterocycles. The van der Waals surface area contributed by atoms with Crippen LogP contribution in [0.25, 0.3) is 5.65 Å². The van der Waals surface area contributed by atoms with E-state index in [0.717, 1.165) is 22.5 Å². The van der Waals surface area contributed by atoms with E-state index in [0.29, 0.717) is 17.5 Å². The first-order valence-corrected chi connectivity index (χ1v) is 10.9. The van der Waals surface area contributed by atoms with Gasteiger partial charge in [0.25, 0.3) is 0 Å². The number of halogens is 3. The summed E-state index contributed by atoms with van der Waals surface area (Å²) in [6, 6.07) is 6.96. The van der Waals surface area contributed by atoms with Gasteiger partial charge in [-0.15, -0.1) is 0 Å². The molecule has 0 spiro atoms. The van der Waals surface area contributed by atoms with Gasteiger partial charge in [0.05, 0.1) is 16.7 Å². The Morgan fingerprint density at radius 1 is 1.10 bits per heavy atom. The predicted molar refractivity (Wildman–Crippen MR) is 105 cm³/mol. The van der Waals surface area contributed by atoms with Gasteiger partial charge in [-0.2, -0.15) is 27.1 Å². The number of carbonyl (C=O) groups is 1. The van der Waals surface area contributed by atoms with E-state index in [2.05, 4.69) is 15.4 Å². The third-order valence-corrected chi connectivity index (χ3v) is 7.06. The fourth-order valence-corrected chi connectivity index (χ4v) is 5.01. The number of nitrogens with one attached hydrogen (secondary N) is 1. The Kier molecular flexibility index (Phi) is 5.43. The summed E-state index contributed by atoms with van der Waals surface area (Å²) in [5.41, 5.74) is -0.454. The molecule has 1 amide bonds. The van der Waals surface area contributed by atoms with Crippen LogP contribution in [0.5, 0.6) is 0 Å². The molecule has 164 valence electrons. The number of benzene rings is 1. The number of amides is 1. The zero-order valence-electron chi connectivity index (χ0n) is 16.1. The largest absolute Gasteiger partial charge is 0.416 e. The van der Waals surface area contributed by atoms with Crippen molar-refractivity contribution < 1.29 is 26.4 Å². The Bertz CT molecular complexity index is 1220. The third-order valence-electron chi connectivity index (χ3n) is 5.17. The molecule has 3 aromatic rings. The SMILES string of the molecule is O=C(Nc1ccnc2ccnn12)C1CCN(S(=O)(=O)c2cccc(C(F)(F)F)c2)CC1. The van der Waals surface area contributed by atoms with E-state index >= 15 is 0 Å². The summed E-state index contributed by atoms with van der Waals surface area (Å²) in [6.45, 7) is 0.0639.